The van der Waals surface area contributed by atoms with E-state index in [9.17, 15) is 9.59 Å². The Morgan fingerprint density at radius 1 is 0.971 bits per heavy atom. The molecule has 7 nitrogen and oxygen atoms in total. The zero-order valence-electron chi connectivity index (χ0n) is 19.9. The molecular weight excluding hydrogens is 434 g/mol. The lowest BCUT2D eigenvalue weighted by Gasteiger charge is -2.27. The number of aromatic nitrogens is 1. The van der Waals surface area contributed by atoms with Crippen LogP contribution in [-0.2, 0) is 16.1 Å². The maximum atomic E-state index is 12.8. The van der Waals surface area contributed by atoms with E-state index < -0.39 is 5.97 Å². The van der Waals surface area contributed by atoms with E-state index in [1.54, 1.807) is 6.07 Å². The smallest absolute Gasteiger partial charge is 0.344 e. The van der Waals surface area contributed by atoms with Gasteiger partial charge in [-0.2, -0.15) is 0 Å². The molecule has 0 aliphatic carbocycles. The first-order valence-electron chi connectivity index (χ1n) is 11.3. The van der Waals surface area contributed by atoms with Crippen molar-refractivity contribution in [3.05, 3.63) is 76.6 Å². The third-order valence-electron chi connectivity index (χ3n) is 6.03. The fourth-order valence-electron chi connectivity index (χ4n) is 3.93. The Kier molecular flexibility index (Phi) is 6.91. The van der Waals surface area contributed by atoms with E-state index in [4.69, 9.17) is 18.9 Å². The Hall–Kier alpha value is -3.74. The number of ether oxygens (including phenoxy) is 4. The van der Waals surface area contributed by atoms with E-state index in [1.807, 2.05) is 74.7 Å². The molecule has 3 aromatic rings. The summed E-state index contributed by atoms with van der Waals surface area (Å²) in [6.07, 6.45) is -0.178. The number of nitrogens with zero attached hydrogens (tertiary/aromatic N) is 1. The summed E-state index contributed by atoms with van der Waals surface area (Å²) in [6, 6.07) is 15.0. The summed E-state index contributed by atoms with van der Waals surface area (Å²) in [5, 5.41) is 0. The molecule has 7 heteroatoms. The number of rotatable bonds is 8. The Labute approximate surface area is 199 Å². The van der Waals surface area contributed by atoms with E-state index in [1.165, 1.54) is 0 Å². The van der Waals surface area contributed by atoms with Crippen LogP contribution in [0.25, 0.3) is 0 Å². The lowest BCUT2D eigenvalue weighted by Crippen LogP contribution is -2.33. The van der Waals surface area contributed by atoms with Crippen LogP contribution in [0.3, 0.4) is 0 Å². The van der Waals surface area contributed by atoms with Crippen LogP contribution < -0.4 is 14.2 Å². The topological polar surface area (TPSA) is 76.0 Å². The second kappa shape index (κ2) is 10.0. The molecule has 0 saturated heterocycles. The average molecular weight is 464 g/mol. The molecule has 0 N–H and O–H groups in total. The van der Waals surface area contributed by atoms with Gasteiger partial charge in [-0.1, -0.05) is 18.2 Å². The fourth-order valence-corrected chi connectivity index (χ4v) is 3.93. The zero-order valence-corrected chi connectivity index (χ0v) is 19.9. The summed E-state index contributed by atoms with van der Waals surface area (Å²) in [7, 11) is 0. The van der Waals surface area contributed by atoms with Crippen LogP contribution in [0.1, 0.15) is 32.9 Å². The van der Waals surface area contributed by atoms with Gasteiger partial charge in [0.1, 0.15) is 12.4 Å². The summed E-state index contributed by atoms with van der Waals surface area (Å²) in [5.74, 6) is 1.19. The van der Waals surface area contributed by atoms with Gasteiger partial charge in [0.15, 0.2) is 30.8 Å². The molecule has 2 heterocycles. The zero-order chi connectivity index (χ0) is 24.2. The van der Waals surface area contributed by atoms with E-state index in [0.29, 0.717) is 30.2 Å². The highest BCUT2D eigenvalue weighted by Gasteiger charge is 2.24. The lowest BCUT2D eigenvalue weighted by molar-refractivity contribution is -0.144. The van der Waals surface area contributed by atoms with Crippen LogP contribution in [0, 0.1) is 27.7 Å². The number of benzene rings is 2. The largest absolute Gasteiger partial charge is 0.486 e. The fraction of sp³-hybridized carbons (Fsp3) is 0.333. The first kappa shape index (κ1) is 23.4. The second-order valence-electron chi connectivity index (χ2n) is 8.51. The van der Waals surface area contributed by atoms with Crippen LogP contribution in [0.15, 0.2) is 48.5 Å². The van der Waals surface area contributed by atoms with Gasteiger partial charge in [-0.25, -0.2) is 4.79 Å². The number of esters is 1. The van der Waals surface area contributed by atoms with Crippen molar-refractivity contribution in [1.29, 1.82) is 0 Å². The molecule has 0 radical (unpaired) electrons. The quantitative estimate of drug-likeness (QED) is 0.365. The monoisotopic (exact) mass is 463 g/mol. The molecule has 4 rings (SSSR count). The molecule has 34 heavy (non-hydrogen) atoms. The third-order valence-corrected chi connectivity index (χ3v) is 6.03. The molecule has 0 amide bonds. The molecule has 1 aliphatic heterocycles. The van der Waals surface area contributed by atoms with Gasteiger partial charge in [-0.3, -0.25) is 4.79 Å². The van der Waals surface area contributed by atoms with Crippen LogP contribution in [0.5, 0.6) is 17.2 Å². The van der Waals surface area contributed by atoms with Gasteiger partial charge in [0, 0.05) is 17.0 Å². The van der Waals surface area contributed by atoms with Gasteiger partial charge < -0.3 is 23.5 Å². The number of hydrogen-bond acceptors (Lipinski definition) is 6. The summed E-state index contributed by atoms with van der Waals surface area (Å²) in [4.78, 5) is 24.8. The first-order valence-corrected chi connectivity index (χ1v) is 11.3. The SMILES string of the molecule is Cc1ccc(OCC(=O)OCC(=O)c2cc(C)n(CC3COc4ccccc4O3)c2C)cc1C. The van der Waals surface area contributed by atoms with Crippen molar-refractivity contribution in [2.45, 2.75) is 40.3 Å². The van der Waals surface area contributed by atoms with Crippen molar-refractivity contribution >= 4 is 11.8 Å². The summed E-state index contributed by atoms with van der Waals surface area (Å²) < 4.78 is 24.5. The normalized spacial score (nSPS) is 14.5. The van der Waals surface area contributed by atoms with Crippen LogP contribution >= 0.6 is 0 Å². The Morgan fingerprint density at radius 2 is 1.74 bits per heavy atom. The maximum absolute atomic E-state index is 12.8. The standard InChI is InChI=1S/C27H29NO6/c1-17-9-10-21(11-18(17)2)31-16-27(30)33-15-24(29)23-12-19(3)28(20(23)4)13-22-14-32-25-7-5-6-8-26(25)34-22/h5-12,22H,13-16H2,1-4H3. The minimum absolute atomic E-state index is 0.178. The van der Waals surface area contributed by atoms with E-state index in [0.717, 1.165) is 28.3 Å². The third kappa shape index (κ3) is 5.25. The Morgan fingerprint density at radius 3 is 2.50 bits per heavy atom. The molecule has 1 aliphatic rings. The molecule has 1 aromatic heterocycles. The van der Waals surface area contributed by atoms with Crippen molar-refractivity contribution in [3.63, 3.8) is 0 Å². The average Bonchev–Trinajstić information content (AvgIpc) is 3.11. The highest BCUT2D eigenvalue weighted by molar-refractivity contribution is 5.99. The number of para-hydroxylation sites is 2. The first-order chi connectivity index (χ1) is 16.3. The van der Waals surface area contributed by atoms with Gasteiger partial charge in [-0.05, 0) is 69.2 Å². The van der Waals surface area contributed by atoms with Crippen molar-refractivity contribution in [3.8, 4) is 17.2 Å². The van der Waals surface area contributed by atoms with E-state index in [2.05, 4.69) is 0 Å². The highest BCUT2D eigenvalue weighted by Crippen LogP contribution is 2.31. The molecule has 0 fully saturated rings. The van der Waals surface area contributed by atoms with Crippen LogP contribution in [0.4, 0.5) is 0 Å². The van der Waals surface area contributed by atoms with Gasteiger partial charge in [0.05, 0.1) is 6.54 Å². The molecule has 0 saturated carbocycles. The number of carbonyl (C=O) groups excluding carboxylic acids is 2. The molecule has 1 unspecified atom stereocenters. The molecule has 178 valence electrons. The number of hydrogen-bond donors (Lipinski definition) is 0. The molecule has 0 bridgehead atoms. The van der Waals surface area contributed by atoms with Gasteiger partial charge in [0.25, 0.3) is 0 Å². The van der Waals surface area contributed by atoms with Crippen molar-refractivity contribution < 1.29 is 28.5 Å². The maximum Gasteiger partial charge on any atom is 0.344 e. The van der Waals surface area contributed by atoms with Crippen molar-refractivity contribution in [2.24, 2.45) is 0 Å². The number of Topliss-reactive ketones (excluding diaryl/α,β-unsaturated/α-hetero) is 1. The van der Waals surface area contributed by atoms with Crippen molar-refractivity contribution in [2.75, 3.05) is 19.8 Å². The predicted molar refractivity (Wildman–Crippen MR) is 127 cm³/mol. The summed E-state index contributed by atoms with van der Waals surface area (Å²) in [5.41, 5.74) is 4.47. The van der Waals surface area contributed by atoms with Gasteiger partial charge in [0.2, 0.25) is 5.78 Å². The molecule has 0 spiro atoms. The van der Waals surface area contributed by atoms with Crippen molar-refractivity contribution in [1.82, 2.24) is 4.57 Å². The molecule has 2 aromatic carbocycles. The minimum Gasteiger partial charge on any atom is -0.486 e. The Balaban J connectivity index is 1.32. The predicted octanol–water partition coefficient (Wildman–Crippen LogP) is 4.37. The van der Waals surface area contributed by atoms with Crippen LogP contribution in [0.2, 0.25) is 0 Å². The number of carbonyl (C=O) groups is 2. The minimum atomic E-state index is -0.591. The summed E-state index contributed by atoms with van der Waals surface area (Å²) >= 11 is 0. The highest BCUT2D eigenvalue weighted by atomic mass is 16.6. The summed E-state index contributed by atoms with van der Waals surface area (Å²) in [6.45, 7) is 8.17. The van der Waals surface area contributed by atoms with E-state index in [-0.39, 0.29) is 25.1 Å². The van der Waals surface area contributed by atoms with Gasteiger partial charge >= 0.3 is 5.97 Å². The van der Waals surface area contributed by atoms with E-state index >= 15 is 0 Å². The lowest BCUT2D eigenvalue weighted by atomic mass is 10.1. The number of fused-ring (bicyclic) bond motifs is 1. The molecular formula is C27H29NO6. The number of ketones is 1. The van der Waals surface area contributed by atoms with Gasteiger partial charge in [-0.15, -0.1) is 0 Å². The second-order valence-corrected chi connectivity index (χ2v) is 8.51. The number of aryl methyl sites for hydroxylation is 3. The van der Waals surface area contributed by atoms with Crippen LogP contribution in [-0.4, -0.2) is 42.2 Å². The Bertz CT molecular complexity index is 1210. The molecule has 1 atom stereocenters.